The van der Waals surface area contributed by atoms with E-state index in [4.69, 9.17) is 21.5 Å². The van der Waals surface area contributed by atoms with Crippen molar-refractivity contribution in [2.24, 2.45) is 17.0 Å². The Morgan fingerprint density at radius 3 is 2.65 bits per heavy atom. The fourth-order valence-corrected chi connectivity index (χ4v) is 3.82. The van der Waals surface area contributed by atoms with Crippen LogP contribution in [0, 0.1) is 11.8 Å². The maximum Gasteiger partial charge on any atom is 0.340 e. The third-order valence-corrected chi connectivity index (χ3v) is 6.11. The molecule has 3 N–H and O–H groups in total. The summed E-state index contributed by atoms with van der Waals surface area (Å²) in [5.74, 6) is -0.413. The molecular weight excluding hydrogens is 380 g/mol. The Hall–Kier alpha value is -1.64. The number of benzene rings is 1. The van der Waals surface area contributed by atoms with Crippen LogP contribution in [0.25, 0.3) is 0 Å². The molecule has 0 aromatic heterocycles. The van der Waals surface area contributed by atoms with Crippen molar-refractivity contribution >= 4 is 33.5 Å². The molecule has 0 heterocycles. The first-order valence-corrected chi connectivity index (χ1v) is 10.3. The Labute approximate surface area is 158 Å². The second-order valence-electron chi connectivity index (χ2n) is 6.70. The zero-order chi connectivity index (χ0) is 19.5. The number of hydrogen-bond donors (Lipinski definition) is 2. The first-order chi connectivity index (χ1) is 12.1. The lowest BCUT2D eigenvalue weighted by Crippen LogP contribution is -2.45. The van der Waals surface area contributed by atoms with Crippen LogP contribution in [0.1, 0.15) is 43.5 Å². The molecule has 1 fully saturated rings. The highest BCUT2D eigenvalue weighted by Gasteiger charge is 2.28. The van der Waals surface area contributed by atoms with Crippen molar-refractivity contribution in [1.82, 2.24) is 5.32 Å². The van der Waals surface area contributed by atoms with Gasteiger partial charge >= 0.3 is 5.97 Å². The number of nitrogens with two attached hydrogens (primary N) is 1. The molecular formula is C17H23ClN2O5S. The van der Waals surface area contributed by atoms with Crippen LogP contribution in [-0.2, 0) is 19.6 Å². The molecule has 0 radical (unpaired) electrons. The lowest BCUT2D eigenvalue weighted by atomic mass is 9.78. The molecule has 0 unspecified atom stereocenters. The van der Waals surface area contributed by atoms with Gasteiger partial charge in [0.25, 0.3) is 5.91 Å². The molecule has 1 aliphatic rings. The number of carbonyl (C=O) groups excluding carboxylic acids is 2. The average molecular weight is 403 g/mol. The highest BCUT2D eigenvalue weighted by atomic mass is 35.5. The smallest absolute Gasteiger partial charge is 0.340 e. The molecule has 1 aromatic rings. The van der Waals surface area contributed by atoms with Gasteiger partial charge < -0.3 is 10.1 Å². The van der Waals surface area contributed by atoms with Gasteiger partial charge in [0.1, 0.15) is 0 Å². The van der Waals surface area contributed by atoms with Crippen molar-refractivity contribution in [2.45, 2.75) is 44.0 Å². The van der Waals surface area contributed by atoms with Gasteiger partial charge in [-0.05, 0) is 36.5 Å². The van der Waals surface area contributed by atoms with E-state index in [-0.39, 0.29) is 21.5 Å². The first kappa shape index (κ1) is 20.7. The van der Waals surface area contributed by atoms with E-state index < -0.39 is 28.5 Å². The minimum Gasteiger partial charge on any atom is -0.452 e. The molecule has 7 nitrogen and oxygen atoms in total. The Morgan fingerprint density at radius 1 is 1.31 bits per heavy atom. The molecule has 9 heteroatoms. The summed E-state index contributed by atoms with van der Waals surface area (Å²) in [4.78, 5) is 23.9. The van der Waals surface area contributed by atoms with E-state index in [9.17, 15) is 18.0 Å². The molecule has 3 atom stereocenters. The molecule has 26 heavy (non-hydrogen) atoms. The van der Waals surface area contributed by atoms with Gasteiger partial charge in [-0.1, -0.05) is 38.3 Å². The van der Waals surface area contributed by atoms with Crippen LogP contribution in [0.3, 0.4) is 0 Å². The highest BCUT2D eigenvalue weighted by molar-refractivity contribution is 7.89. The van der Waals surface area contributed by atoms with Crippen LogP contribution < -0.4 is 10.5 Å². The summed E-state index contributed by atoms with van der Waals surface area (Å²) in [6, 6.07) is 3.51. The predicted octanol–water partition coefficient (Wildman–Crippen LogP) is 2.09. The second kappa shape index (κ2) is 8.37. The van der Waals surface area contributed by atoms with Gasteiger partial charge in [-0.3, -0.25) is 4.79 Å². The van der Waals surface area contributed by atoms with E-state index in [0.717, 1.165) is 25.3 Å². The molecule has 0 spiro atoms. The van der Waals surface area contributed by atoms with Crippen LogP contribution in [0.5, 0.6) is 0 Å². The van der Waals surface area contributed by atoms with Gasteiger partial charge in [0.2, 0.25) is 10.0 Å². The lowest BCUT2D eigenvalue weighted by molar-refractivity contribution is -0.125. The SMILES string of the molecule is C[C@@H]1[C@H](C)CCC[C@H]1NC(=O)COC(=O)c1cc(S(N)(=O)=O)ccc1Cl. The fraction of sp³-hybridized carbons (Fsp3) is 0.529. The standard InChI is InChI=1S/C17H23ClN2O5S/c1-10-4-3-5-15(11(10)2)20-16(21)9-25-17(22)13-8-12(26(19,23)24)6-7-14(13)18/h6-8,10-11,15H,3-5,9H2,1-2H3,(H,20,21)(H2,19,23,24)/t10-,11-,15-/m1/s1. The second-order valence-corrected chi connectivity index (χ2v) is 8.67. The van der Waals surface area contributed by atoms with Crippen LogP contribution in [-0.4, -0.2) is 32.9 Å². The summed E-state index contributed by atoms with van der Waals surface area (Å²) in [7, 11) is -3.98. The predicted molar refractivity (Wildman–Crippen MR) is 97.2 cm³/mol. The number of esters is 1. The first-order valence-electron chi connectivity index (χ1n) is 8.38. The summed E-state index contributed by atoms with van der Waals surface area (Å²) in [6.45, 7) is 3.79. The number of amides is 1. The fourth-order valence-electron chi connectivity index (χ4n) is 3.08. The van der Waals surface area contributed by atoms with Gasteiger partial charge in [-0.2, -0.15) is 0 Å². The molecule has 1 amide bonds. The summed E-state index contributed by atoms with van der Waals surface area (Å²) in [5, 5.41) is 7.94. The number of primary sulfonamides is 1. The Morgan fingerprint density at radius 2 is 2.00 bits per heavy atom. The van der Waals surface area contributed by atoms with Crippen molar-refractivity contribution in [3.05, 3.63) is 28.8 Å². The Bertz CT molecular complexity index is 796. The van der Waals surface area contributed by atoms with E-state index in [1.807, 2.05) is 0 Å². The molecule has 1 saturated carbocycles. The van der Waals surface area contributed by atoms with Crippen molar-refractivity contribution in [3.8, 4) is 0 Å². The number of carbonyl (C=O) groups is 2. The number of ether oxygens (including phenoxy) is 1. The van der Waals surface area contributed by atoms with Crippen molar-refractivity contribution in [2.75, 3.05) is 6.61 Å². The van der Waals surface area contributed by atoms with E-state index in [2.05, 4.69) is 19.2 Å². The summed E-state index contributed by atoms with van der Waals surface area (Å²) < 4.78 is 27.7. The number of rotatable bonds is 5. The third kappa shape index (κ3) is 5.18. The Kier molecular flexibility index (Phi) is 6.65. The number of sulfonamides is 1. The van der Waals surface area contributed by atoms with Gasteiger partial charge in [0.15, 0.2) is 6.61 Å². The molecule has 0 aliphatic heterocycles. The normalized spacial score (nSPS) is 23.3. The van der Waals surface area contributed by atoms with Crippen molar-refractivity contribution < 1.29 is 22.7 Å². The molecule has 1 aliphatic carbocycles. The molecule has 144 valence electrons. The summed E-state index contributed by atoms with van der Waals surface area (Å²) >= 11 is 5.91. The minimum absolute atomic E-state index is 0.0116. The van der Waals surface area contributed by atoms with Crippen LogP contribution >= 0.6 is 11.6 Å². The third-order valence-electron chi connectivity index (χ3n) is 4.87. The van der Waals surface area contributed by atoms with Crippen molar-refractivity contribution in [3.63, 3.8) is 0 Å². The molecule has 0 saturated heterocycles. The minimum atomic E-state index is -3.98. The molecule has 1 aromatic carbocycles. The van der Waals surface area contributed by atoms with Gasteiger partial charge in [0.05, 0.1) is 15.5 Å². The van der Waals surface area contributed by atoms with E-state index in [0.29, 0.717) is 11.8 Å². The van der Waals surface area contributed by atoms with E-state index in [1.165, 1.54) is 12.1 Å². The zero-order valence-electron chi connectivity index (χ0n) is 14.7. The number of hydrogen-bond acceptors (Lipinski definition) is 5. The van der Waals surface area contributed by atoms with Crippen LogP contribution in [0.2, 0.25) is 5.02 Å². The largest absolute Gasteiger partial charge is 0.452 e. The van der Waals surface area contributed by atoms with E-state index in [1.54, 1.807) is 0 Å². The zero-order valence-corrected chi connectivity index (χ0v) is 16.3. The van der Waals surface area contributed by atoms with Gasteiger partial charge in [-0.25, -0.2) is 18.4 Å². The topological polar surface area (TPSA) is 116 Å². The van der Waals surface area contributed by atoms with Crippen LogP contribution in [0.15, 0.2) is 23.1 Å². The number of nitrogens with one attached hydrogen (secondary N) is 1. The molecule has 0 bridgehead atoms. The molecule has 2 rings (SSSR count). The Balaban J connectivity index is 1.97. The summed E-state index contributed by atoms with van der Waals surface area (Å²) in [5.41, 5.74) is -0.161. The van der Waals surface area contributed by atoms with Crippen LogP contribution in [0.4, 0.5) is 0 Å². The van der Waals surface area contributed by atoms with Gasteiger partial charge in [0, 0.05) is 6.04 Å². The monoisotopic (exact) mass is 402 g/mol. The number of halogens is 1. The maximum absolute atomic E-state index is 12.1. The lowest BCUT2D eigenvalue weighted by Gasteiger charge is -2.34. The maximum atomic E-state index is 12.1. The highest BCUT2D eigenvalue weighted by Crippen LogP contribution is 2.29. The van der Waals surface area contributed by atoms with Crippen molar-refractivity contribution in [1.29, 1.82) is 0 Å². The average Bonchev–Trinajstić information content (AvgIpc) is 2.56. The van der Waals surface area contributed by atoms with E-state index >= 15 is 0 Å². The summed E-state index contributed by atoms with van der Waals surface area (Å²) in [6.07, 6.45) is 3.08. The van der Waals surface area contributed by atoms with Gasteiger partial charge in [-0.15, -0.1) is 0 Å². The quantitative estimate of drug-likeness (QED) is 0.731.